The molecular formula is C14H23N3O. The molecule has 18 heavy (non-hydrogen) atoms. The van der Waals surface area contributed by atoms with Crippen LogP contribution in [0.4, 0.5) is 5.69 Å². The first-order chi connectivity index (χ1) is 8.24. The summed E-state index contributed by atoms with van der Waals surface area (Å²) in [6.45, 7) is 6.68. The van der Waals surface area contributed by atoms with Crippen LogP contribution in [-0.4, -0.2) is 37.0 Å². The van der Waals surface area contributed by atoms with Crippen LogP contribution in [0, 0.1) is 6.92 Å². The second-order valence-corrected chi connectivity index (χ2v) is 5.48. The zero-order valence-electron chi connectivity index (χ0n) is 11.9. The van der Waals surface area contributed by atoms with Crippen molar-refractivity contribution in [2.75, 3.05) is 26.4 Å². The monoisotopic (exact) mass is 249 g/mol. The predicted octanol–water partition coefficient (Wildman–Crippen LogP) is 1.65. The zero-order chi connectivity index (χ0) is 13.9. The van der Waals surface area contributed by atoms with Gasteiger partial charge in [-0.15, -0.1) is 0 Å². The van der Waals surface area contributed by atoms with E-state index in [1.165, 1.54) is 0 Å². The molecule has 0 aliphatic heterocycles. The maximum absolute atomic E-state index is 12.0. The Labute approximate surface area is 109 Å². The van der Waals surface area contributed by atoms with E-state index in [1.807, 2.05) is 33.2 Å². The molecule has 1 aromatic rings. The number of carbonyl (C=O) groups excluding carboxylic acids is 1. The van der Waals surface area contributed by atoms with Gasteiger partial charge >= 0.3 is 0 Å². The summed E-state index contributed by atoms with van der Waals surface area (Å²) in [6.07, 6.45) is 0. The lowest BCUT2D eigenvalue weighted by Gasteiger charge is -2.32. The Bertz CT molecular complexity index is 439. The van der Waals surface area contributed by atoms with E-state index in [4.69, 9.17) is 5.73 Å². The molecular weight excluding hydrogens is 226 g/mol. The van der Waals surface area contributed by atoms with Crippen molar-refractivity contribution in [3.05, 3.63) is 29.3 Å². The van der Waals surface area contributed by atoms with Crippen molar-refractivity contribution >= 4 is 11.6 Å². The van der Waals surface area contributed by atoms with Gasteiger partial charge in [0.05, 0.1) is 5.56 Å². The first kappa shape index (κ1) is 14.5. The molecule has 0 heterocycles. The zero-order valence-corrected chi connectivity index (χ0v) is 11.9. The number of nitrogens with one attached hydrogen (secondary N) is 1. The lowest BCUT2D eigenvalue weighted by Crippen LogP contribution is -2.48. The normalized spacial score (nSPS) is 11.7. The standard InChI is InChI=1S/C14H23N3O/c1-10-6-7-11(12(15)8-10)13(18)16-9-14(2,3)17(4)5/h6-8H,9,15H2,1-5H3,(H,16,18). The van der Waals surface area contributed by atoms with E-state index in [0.29, 0.717) is 17.8 Å². The second-order valence-electron chi connectivity index (χ2n) is 5.48. The van der Waals surface area contributed by atoms with Gasteiger partial charge in [-0.1, -0.05) is 6.07 Å². The lowest BCUT2D eigenvalue weighted by molar-refractivity contribution is 0.0920. The minimum atomic E-state index is -0.123. The molecule has 0 unspecified atom stereocenters. The number of amides is 1. The number of nitrogens with two attached hydrogens (primary N) is 1. The van der Waals surface area contributed by atoms with Gasteiger partial charge in [-0.3, -0.25) is 4.79 Å². The number of carbonyl (C=O) groups is 1. The van der Waals surface area contributed by atoms with Gasteiger partial charge in [0.25, 0.3) is 5.91 Å². The SMILES string of the molecule is Cc1ccc(C(=O)NCC(C)(C)N(C)C)c(N)c1. The van der Waals surface area contributed by atoms with Crippen molar-refractivity contribution in [3.8, 4) is 0 Å². The molecule has 0 aliphatic rings. The van der Waals surface area contributed by atoms with E-state index in [0.717, 1.165) is 5.56 Å². The average Bonchev–Trinajstić information content (AvgIpc) is 2.25. The Morgan fingerprint density at radius 1 is 1.39 bits per heavy atom. The molecule has 1 rings (SSSR count). The van der Waals surface area contributed by atoms with Crippen LogP contribution in [0.15, 0.2) is 18.2 Å². The van der Waals surface area contributed by atoms with Crippen LogP contribution in [0.5, 0.6) is 0 Å². The van der Waals surface area contributed by atoms with Crippen molar-refractivity contribution in [1.29, 1.82) is 0 Å². The average molecular weight is 249 g/mol. The largest absolute Gasteiger partial charge is 0.398 e. The number of hydrogen-bond donors (Lipinski definition) is 2. The number of hydrogen-bond acceptors (Lipinski definition) is 3. The van der Waals surface area contributed by atoms with Crippen molar-refractivity contribution in [2.45, 2.75) is 26.3 Å². The lowest BCUT2D eigenvalue weighted by atomic mass is 10.0. The Morgan fingerprint density at radius 2 is 2.00 bits per heavy atom. The van der Waals surface area contributed by atoms with Gasteiger partial charge in [0, 0.05) is 17.8 Å². The number of nitrogens with zero attached hydrogens (tertiary/aromatic N) is 1. The quantitative estimate of drug-likeness (QED) is 0.798. The number of nitrogen functional groups attached to an aromatic ring is 1. The van der Waals surface area contributed by atoms with Crippen LogP contribution in [-0.2, 0) is 0 Å². The van der Waals surface area contributed by atoms with E-state index < -0.39 is 0 Å². The van der Waals surface area contributed by atoms with Gasteiger partial charge in [-0.05, 0) is 52.6 Å². The Kier molecular flexibility index (Phi) is 4.35. The van der Waals surface area contributed by atoms with Crippen LogP contribution in [0.2, 0.25) is 0 Å². The predicted molar refractivity (Wildman–Crippen MR) is 75.7 cm³/mol. The highest BCUT2D eigenvalue weighted by molar-refractivity contribution is 5.99. The minimum absolute atomic E-state index is 0.0882. The fourth-order valence-corrected chi connectivity index (χ4v) is 1.44. The van der Waals surface area contributed by atoms with Crippen LogP contribution in [0.3, 0.4) is 0 Å². The molecule has 100 valence electrons. The smallest absolute Gasteiger partial charge is 0.253 e. The Hall–Kier alpha value is -1.55. The molecule has 0 saturated carbocycles. The summed E-state index contributed by atoms with van der Waals surface area (Å²) in [5.74, 6) is -0.123. The number of rotatable bonds is 4. The van der Waals surface area contributed by atoms with Crippen LogP contribution >= 0.6 is 0 Å². The second kappa shape index (κ2) is 5.40. The molecule has 0 aliphatic carbocycles. The van der Waals surface area contributed by atoms with Crippen LogP contribution in [0.25, 0.3) is 0 Å². The third-order valence-corrected chi connectivity index (χ3v) is 3.34. The third-order valence-electron chi connectivity index (χ3n) is 3.34. The molecule has 0 radical (unpaired) electrons. The molecule has 1 aromatic carbocycles. The highest BCUT2D eigenvalue weighted by Gasteiger charge is 2.21. The summed E-state index contributed by atoms with van der Waals surface area (Å²) in [5, 5.41) is 2.92. The maximum Gasteiger partial charge on any atom is 0.253 e. The van der Waals surface area contributed by atoms with Gasteiger partial charge in [-0.2, -0.15) is 0 Å². The number of anilines is 1. The maximum atomic E-state index is 12.0. The van der Waals surface area contributed by atoms with E-state index in [9.17, 15) is 4.79 Å². The molecule has 0 aromatic heterocycles. The van der Waals surface area contributed by atoms with Crippen LogP contribution in [0.1, 0.15) is 29.8 Å². The summed E-state index contributed by atoms with van der Waals surface area (Å²) in [4.78, 5) is 14.1. The molecule has 4 nitrogen and oxygen atoms in total. The third kappa shape index (κ3) is 3.47. The number of benzene rings is 1. The van der Waals surface area contributed by atoms with Gasteiger partial charge in [-0.25, -0.2) is 0 Å². The van der Waals surface area contributed by atoms with Gasteiger partial charge in [0.2, 0.25) is 0 Å². The molecule has 0 spiro atoms. The van der Waals surface area contributed by atoms with Gasteiger partial charge in [0.15, 0.2) is 0 Å². The molecule has 3 N–H and O–H groups in total. The fourth-order valence-electron chi connectivity index (χ4n) is 1.44. The summed E-state index contributed by atoms with van der Waals surface area (Å²) in [5.41, 5.74) is 7.88. The van der Waals surface area contributed by atoms with Crippen molar-refractivity contribution in [3.63, 3.8) is 0 Å². The summed E-state index contributed by atoms with van der Waals surface area (Å²) < 4.78 is 0. The van der Waals surface area contributed by atoms with E-state index in [-0.39, 0.29) is 11.4 Å². The number of aryl methyl sites for hydroxylation is 1. The molecule has 0 saturated heterocycles. The molecule has 0 fully saturated rings. The van der Waals surface area contributed by atoms with Crippen molar-refractivity contribution in [2.24, 2.45) is 0 Å². The summed E-state index contributed by atoms with van der Waals surface area (Å²) in [6, 6.07) is 5.47. The first-order valence-electron chi connectivity index (χ1n) is 6.06. The molecule has 4 heteroatoms. The van der Waals surface area contributed by atoms with E-state index in [2.05, 4.69) is 24.1 Å². The van der Waals surface area contributed by atoms with E-state index in [1.54, 1.807) is 6.07 Å². The van der Waals surface area contributed by atoms with Gasteiger partial charge < -0.3 is 16.0 Å². The summed E-state index contributed by atoms with van der Waals surface area (Å²) >= 11 is 0. The first-order valence-corrected chi connectivity index (χ1v) is 6.06. The highest BCUT2D eigenvalue weighted by Crippen LogP contribution is 2.14. The summed E-state index contributed by atoms with van der Waals surface area (Å²) in [7, 11) is 3.98. The number of likely N-dealkylation sites (N-methyl/N-ethyl adjacent to an activating group) is 1. The van der Waals surface area contributed by atoms with Gasteiger partial charge in [0.1, 0.15) is 0 Å². The Morgan fingerprint density at radius 3 is 2.50 bits per heavy atom. The van der Waals surface area contributed by atoms with Crippen LogP contribution < -0.4 is 11.1 Å². The minimum Gasteiger partial charge on any atom is -0.398 e. The topological polar surface area (TPSA) is 58.4 Å². The highest BCUT2D eigenvalue weighted by atomic mass is 16.1. The molecule has 0 bridgehead atoms. The molecule has 1 amide bonds. The fraction of sp³-hybridized carbons (Fsp3) is 0.500. The Balaban J connectivity index is 2.72. The van der Waals surface area contributed by atoms with Crippen molar-refractivity contribution < 1.29 is 4.79 Å². The van der Waals surface area contributed by atoms with Crippen molar-refractivity contribution in [1.82, 2.24) is 10.2 Å². The van der Waals surface area contributed by atoms with E-state index >= 15 is 0 Å². The molecule has 0 atom stereocenters.